The Morgan fingerprint density at radius 3 is 2.49 bits per heavy atom. The van der Waals surface area contributed by atoms with E-state index in [2.05, 4.69) is 14.7 Å². The van der Waals surface area contributed by atoms with Crippen molar-refractivity contribution in [1.82, 2.24) is 23.7 Å². The normalized spacial score (nSPS) is 11.7. The van der Waals surface area contributed by atoms with E-state index in [1.54, 1.807) is 13.1 Å². The fourth-order valence-corrected chi connectivity index (χ4v) is 3.89. The molecule has 0 aliphatic carbocycles. The van der Waals surface area contributed by atoms with Gasteiger partial charge in [0.15, 0.2) is 11.2 Å². The lowest BCUT2D eigenvalue weighted by Crippen LogP contribution is -2.40. The summed E-state index contributed by atoms with van der Waals surface area (Å²) in [6.45, 7) is 4.43. The summed E-state index contributed by atoms with van der Waals surface area (Å²) in [5.74, 6) is 0.0264. The zero-order valence-corrected chi connectivity index (χ0v) is 20.6. The fourth-order valence-electron chi connectivity index (χ4n) is 3.89. The van der Waals surface area contributed by atoms with Gasteiger partial charge in [0.25, 0.3) is 5.56 Å². The number of aromatic nitrogens is 5. The minimum Gasteiger partial charge on any atom is -0.433 e. The molecular formula is C25H27F2N5O5. The predicted molar refractivity (Wildman–Crippen MR) is 131 cm³/mol. The molecule has 12 heteroatoms. The first-order valence-corrected chi connectivity index (χ1v) is 11.7. The highest BCUT2D eigenvalue weighted by atomic mass is 19.3. The second-order valence-corrected chi connectivity index (χ2v) is 8.51. The van der Waals surface area contributed by atoms with Crippen molar-refractivity contribution in [3.8, 4) is 17.5 Å². The highest BCUT2D eigenvalue weighted by Crippen LogP contribution is 2.29. The molecule has 3 heterocycles. The molecule has 4 aromatic rings. The van der Waals surface area contributed by atoms with Gasteiger partial charge in [-0.05, 0) is 44.0 Å². The van der Waals surface area contributed by atoms with Crippen LogP contribution in [0.25, 0.3) is 11.2 Å². The summed E-state index contributed by atoms with van der Waals surface area (Å²) in [4.78, 5) is 35.3. The average Bonchev–Trinajstić information content (AvgIpc) is 3.17. The number of alkyl halides is 2. The number of pyridine rings is 1. The first-order chi connectivity index (χ1) is 17.6. The lowest BCUT2D eigenvalue weighted by Gasteiger charge is -2.14. The average molecular weight is 516 g/mol. The Morgan fingerprint density at radius 1 is 1.08 bits per heavy atom. The number of hydrogen-bond acceptors (Lipinski definition) is 7. The summed E-state index contributed by atoms with van der Waals surface area (Å²) >= 11 is 0. The van der Waals surface area contributed by atoms with Crippen molar-refractivity contribution in [3.63, 3.8) is 0 Å². The highest BCUT2D eigenvalue weighted by molar-refractivity contribution is 5.72. The van der Waals surface area contributed by atoms with E-state index < -0.39 is 17.4 Å². The molecule has 4 rings (SSSR count). The van der Waals surface area contributed by atoms with Crippen molar-refractivity contribution in [2.75, 3.05) is 6.61 Å². The van der Waals surface area contributed by atoms with Crippen LogP contribution in [0, 0.1) is 6.92 Å². The summed E-state index contributed by atoms with van der Waals surface area (Å²) in [5.41, 5.74) is 0.674. The Bertz CT molecular complexity index is 1520. The number of imidazole rings is 1. The van der Waals surface area contributed by atoms with E-state index in [-0.39, 0.29) is 61.3 Å². The van der Waals surface area contributed by atoms with E-state index in [0.717, 1.165) is 15.8 Å². The van der Waals surface area contributed by atoms with Crippen LogP contribution < -0.4 is 20.7 Å². The van der Waals surface area contributed by atoms with Gasteiger partial charge in [-0.2, -0.15) is 13.8 Å². The molecule has 0 saturated heterocycles. The van der Waals surface area contributed by atoms with E-state index in [9.17, 15) is 23.5 Å². The number of aliphatic hydroxyl groups excluding tert-OH is 1. The fraction of sp³-hybridized carbons (Fsp3) is 0.360. The molecule has 0 aliphatic heterocycles. The summed E-state index contributed by atoms with van der Waals surface area (Å²) in [6, 6.07) is 9.30. The molecule has 1 aromatic carbocycles. The highest BCUT2D eigenvalue weighted by Gasteiger charge is 2.25. The van der Waals surface area contributed by atoms with Crippen LogP contribution in [0.5, 0.6) is 17.5 Å². The quantitative estimate of drug-likeness (QED) is 0.345. The van der Waals surface area contributed by atoms with Gasteiger partial charge < -0.3 is 14.6 Å². The number of aryl methyl sites for hydroxylation is 2. The van der Waals surface area contributed by atoms with Gasteiger partial charge in [-0.3, -0.25) is 23.5 Å². The van der Waals surface area contributed by atoms with Crippen molar-refractivity contribution >= 4 is 11.2 Å². The van der Waals surface area contributed by atoms with Crippen LogP contribution in [0.3, 0.4) is 0 Å². The van der Waals surface area contributed by atoms with Gasteiger partial charge in [0.2, 0.25) is 0 Å². The Morgan fingerprint density at radius 2 is 1.84 bits per heavy atom. The van der Waals surface area contributed by atoms with Gasteiger partial charge in [-0.1, -0.05) is 12.1 Å². The standard InChI is InChI=1S/C25H27F2N5O5/c1-4-30-21-20(22(34)31(24(30)35)11-6-12-33)32(15-17-10-9-16(2)28-14-17)23(29-21)36-18-7-5-8-19(13-18)37-25(3,26)27/h5,7-10,13-14,33H,4,6,11-12,15H2,1-3H3. The topological polar surface area (TPSA) is 113 Å². The van der Waals surface area contributed by atoms with Gasteiger partial charge in [0, 0.05) is 44.6 Å². The van der Waals surface area contributed by atoms with E-state index in [0.29, 0.717) is 6.92 Å². The summed E-state index contributed by atoms with van der Waals surface area (Å²) in [7, 11) is 0. The zero-order chi connectivity index (χ0) is 26.7. The summed E-state index contributed by atoms with van der Waals surface area (Å²) in [6.07, 6.45) is -1.51. The van der Waals surface area contributed by atoms with E-state index >= 15 is 0 Å². The van der Waals surface area contributed by atoms with E-state index in [1.165, 1.54) is 33.4 Å². The first kappa shape index (κ1) is 26.0. The van der Waals surface area contributed by atoms with Crippen LogP contribution in [0.2, 0.25) is 0 Å². The monoisotopic (exact) mass is 515 g/mol. The van der Waals surface area contributed by atoms with Crippen LogP contribution in [0.4, 0.5) is 8.78 Å². The maximum atomic E-state index is 13.5. The smallest absolute Gasteiger partial charge is 0.394 e. The van der Waals surface area contributed by atoms with Crippen LogP contribution >= 0.6 is 0 Å². The van der Waals surface area contributed by atoms with Crippen LogP contribution in [0.15, 0.2) is 52.2 Å². The van der Waals surface area contributed by atoms with E-state index in [1.807, 2.05) is 19.1 Å². The third-order valence-corrected chi connectivity index (χ3v) is 5.56. The predicted octanol–water partition coefficient (Wildman–Crippen LogP) is 3.30. The molecule has 0 radical (unpaired) electrons. The molecule has 1 N–H and O–H groups in total. The molecule has 0 spiro atoms. The lowest BCUT2D eigenvalue weighted by molar-refractivity contribution is -0.159. The molecule has 3 aromatic heterocycles. The van der Waals surface area contributed by atoms with Gasteiger partial charge in [-0.25, -0.2) is 4.79 Å². The Balaban J connectivity index is 1.90. The Labute approximate surface area is 210 Å². The van der Waals surface area contributed by atoms with Gasteiger partial charge in [0.1, 0.15) is 11.5 Å². The van der Waals surface area contributed by atoms with Gasteiger partial charge in [0.05, 0.1) is 6.54 Å². The van der Waals surface area contributed by atoms with Crippen LogP contribution in [-0.4, -0.2) is 41.5 Å². The number of nitrogens with zero attached hydrogens (tertiary/aromatic N) is 5. The molecule has 37 heavy (non-hydrogen) atoms. The lowest BCUT2D eigenvalue weighted by atomic mass is 10.2. The molecule has 0 fully saturated rings. The molecule has 0 amide bonds. The number of rotatable bonds is 10. The second kappa shape index (κ2) is 10.5. The van der Waals surface area contributed by atoms with Crippen LogP contribution in [-0.2, 0) is 19.6 Å². The minimum absolute atomic E-state index is 0.0189. The minimum atomic E-state index is -3.39. The number of ether oxygens (including phenoxy) is 2. The molecule has 196 valence electrons. The maximum absolute atomic E-state index is 13.5. The third kappa shape index (κ3) is 5.69. The molecule has 0 atom stereocenters. The molecule has 0 unspecified atom stereocenters. The number of fused-ring (bicyclic) bond motifs is 1. The first-order valence-electron chi connectivity index (χ1n) is 11.7. The van der Waals surface area contributed by atoms with E-state index in [4.69, 9.17) is 4.74 Å². The number of aliphatic hydroxyl groups is 1. The second-order valence-electron chi connectivity index (χ2n) is 8.51. The molecule has 0 aliphatic rings. The summed E-state index contributed by atoms with van der Waals surface area (Å²) < 4.78 is 41.3. The van der Waals surface area contributed by atoms with Crippen molar-refractivity contribution in [3.05, 3.63) is 74.7 Å². The Hall–Kier alpha value is -4.06. The van der Waals surface area contributed by atoms with Crippen molar-refractivity contribution in [2.24, 2.45) is 0 Å². The molecule has 10 nitrogen and oxygen atoms in total. The molecule has 0 saturated carbocycles. The zero-order valence-electron chi connectivity index (χ0n) is 20.6. The molecular weight excluding hydrogens is 488 g/mol. The van der Waals surface area contributed by atoms with Crippen molar-refractivity contribution in [1.29, 1.82) is 0 Å². The summed E-state index contributed by atoms with van der Waals surface area (Å²) in [5, 5.41) is 9.26. The Kier molecular flexibility index (Phi) is 7.39. The molecule has 0 bridgehead atoms. The largest absolute Gasteiger partial charge is 0.433 e. The van der Waals surface area contributed by atoms with Gasteiger partial charge in [-0.15, -0.1) is 0 Å². The van der Waals surface area contributed by atoms with Crippen molar-refractivity contribution < 1.29 is 23.4 Å². The number of benzene rings is 1. The number of hydrogen-bond donors (Lipinski definition) is 1. The third-order valence-electron chi connectivity index (χ3n) is 5.56. The van der Waals surface area contributed by atoms with Gasteiger partial charge >= 0.3 is 17.8 Å². The maximum Gasteiger partial charge on any atom is 0.394 e. The number of halogens is 2. The SMILES string of the molecule is CCn1c(=O)n(CCCO)c(=O)c2c1nc(Oc1cccc(OC(C)(F)F)c1)n2Cc1ccc(C)nc1. The van der Waals surface area contributed by atoms with Crippen molar-refractivity contribution in [2.45, 2.75) is 52.9 Å². The van der Waals surface area contributed by atoms with Crippen LogP contribution in [0.1, 0.15) is 31.5 Å².